The van der Waals surface area contributed by atoms with E-state index in [2.05, 4.69) is 26.3 Å². The van der Waals surface area contributed by atoms with Crippen molar-refractivity contribution in [1.29, 1.82) is 0 Å². The van der Waals surface area contributed by atoms with Gasteiger partial charge in [-0.25, -0.2) is 4.79 Å². The monoisotopic (exact) mass is 471 g/mol. The second-order valence-corrected chi connectivity index (χ2v) is 7.14. The molecule has 0 aliphatic carbocycles. The van der Waals surface area contributed by atoms with Crippen LogP contribution in [0.1, 0.15) is 48.0 Å². The van der Waals surface area contributed by atoms with Gasteiger partial charge in [0.2, 0.25) is 5.91 Å². The van der Waals surface area contributed by atoms with E-state index in [1.54, 1.807) is 7.05 Å². The molecule has 9 heteroatoms. The number of halogens is 1. The van der Waals surface area contributed by atoms with Gasteiger partial charge in [0.05, 0.1) is 12.1 Å². The van der Waals surface area contributed by atoms with Crippen molar-refractivity contribution in [3.8, 4) is 0 Å². The van der Waals surface area contributed by atoms with Crippen LogP contribution in [0, 0.1) is 0 Å². The average molecular weight is 471 g/mol. The highest BCUT2D eigenvalue weighted by Gasteiger charge is 2.24. The van der Waals surface area contributed by atoms with E-state index in [4.69, 9.17) is 4.74 Å². The van der Waals surface area contributed by atoms with E-state index in [9.17, 15) is 9.59 Å². The topological polar surface area (TPSA) is 104 Å². The quantitative estimate of drug-likeness (QED) is 0.257. The molecule has 2 amide bonds. The largest absolute Gasteiger partial charge is 0.444 e. The predicted molar refractivity (Wildman–Crippen MR) is 112 cm³/mol. The van der Waals surface area contributed by atoms with Crippen LogP contribution in [0.4, 0.5) is 4.79 Å². The smallest absolute Gasteiger partial charge is 0.408 e. The van der Waals surface area contributed by atoms with Gasteiger partial charge in [-0.2, -0.15) is 0 Å². The number of hydrogen-bond acceptors (Lipinski definition) is 4. The molecule has 0 aromatic rings. The minimum Gasteiger partial charge on any atom is -0.444 e. The number of carbonyl (C=O) groups excluding carboxylic acids is 2. The molecule has 25 heavy (non-hydrogen) atoms. The Labute approximate surface area is 168 Å². The van der Waals surface area contributed by atoms with E-state index < -0.39 is 17.2 Å². The lowest BCUT2D eigenvalue weighted by molar-refractivity contribution is -0.120. The Hall–Kier alpha value is -1.26. The molecule has 0 saturated heterocycles. The number of hydrogen-bond donors (Lipinski definition) is 4. The predicted octanol–water partition coefficient (Wildman–Crippen LogP) is 1.60. The van der Waals surface area contributed by atoms with Crippen molar-refractivity contribution in [3.63, 3.8) is 0 Å². The summed E-state index contributed by atoms with van der Waals surface area (Å²) >= 11 is 0. The van der Waals surface area contributed by atoms with E-state index in [1.807, 2.05) is 41.5 Å². The molecular weight excluding hydrogens is 437 g/mol. The summed E-state index contributed by atoms with van der Waals surface area (Å²) in [6.07, 6.45) is 0.416. The number of alkyl carbamates (subject to hydrolysis) is 1. The van der Waals surface area contributed by atoms with Crippen LogP contribution >= 0.6 is 24.0 Å². The maximum atomic E-state index is 11.8. The van der Waals surface area contributed by atoms with E-state index >= 15 is 0 Å². The zero-order chi connectivity index (χ0) is 18.8. The van der Waals surface area contributed by atoms with Gasteiger partial charge in [-0.15, -0.1) is 24.0 Å². The molecule has 0 bridgehead atoms. The Kier molecular flexibility index (Phi) is 12.6. The molecule has 0 aliphatic heterocycles. The summed E-state index contributed by atoms with van der Waals surface area (Å²) < 4.78 is 5.25. The molecule has 0 unspecified atom stereocenters. The Morgan fingerprint density at radius 2 is 1.64 bits per heavy atom. The summed E-state index contributed by atoms with van der Waals surface area (Å²) in [6, 6.07) is 0. The third-order valence-electron chi connectivity index (χ3n) is 2.75. The molecule has 148 valence electrons. The van der Waals surface area contributed by atoms with Crippen molar-refractivity contribution in [3.05, 3.63) is 0 Å². The van der Waals surface area contributed by atoms with Crippen LogP contribution in [0.3, 0.4) is 0 Å². The SMILES string of the molecule is CCCNC(=O)CNC(=NC)NCC(C)(C)NC(=O)OC(C)(C)C.I. The van der Waals surface area contributed by atoms with Gasteiger partial charge in [-0.05, 0) is 41.0 Å². The number of rotatable bonds is 7. The molecule has 0 aromatic heterocycles. The van der Waals surface area contributed by atoms with E-state index in [0.29, 0.717) is 19.0 Å². The number of guanidine groups is 1. The summed E-state index contributed by atoms with van der Waals surface area (Å²) in [7, 11) is 1.62. The van der Waals surface area contributed by atoms with Crippen molar-refractivity contribution < 1.29 is 14.3 Å². The first-order valence-corrected chi connectivity index (χ1v) is 8.21. The van der Waals surface area contributed by atoms with Crippen molar-refractivity contribution in [2.45, 2.75) is 59.1 Å². The van der Waals surface area contributed by atoms with Crippen LogP contribution < -0.4 is 21.3 Å². The van der Waals surface area contributed by atoms with Gasteiger partial charge in [0.15, 0.2) is 5.96 Å². The molecule has 0 spiro atoms. The zero-order valence-electron chi connectivity index (χ0n) is 16.4. The summed E-state index contributed by atoms with van der Waals surface area (Å²) in [6.45, 7) is 12.4. The highest BCUT2D eigenvalue weighted by atomic mass is 127. The fraction of sp³-hybridized carbons (Fsp3) is 0.812. The Morgan fingerprint density at radius 1 is 1.04 bits per heavy atom. The summed E-state index contributed by atoms with van der Waals surface area (Å²) in [5, 5.41) is 11.6. The lowest BCUT2D eigenvalue weighted by Crippen LogP contribution is -2.54. The van der Waals surface area contributed by atoms with Gasteiger partial charge in [0, 0.05) is 20.1 Å². The van der Waals surface area contributed by atoms with Gasteiger partial charge >= 0.3 is 6.09 Å². The molecule has 4 N–H and O–H groups in total. The maximum Gasteiger partial charge on any atom is 0.408 e. The van der Waals surface area contributed by atoms with Crippen molar-refractivity contribution >= 4 is 41.9 Å². The minimum absolute atomic E-state index is 0. The second kappa shape index (κ2) is 12.2. The second-order valence-electron chi connectivity index (χ2n) is 7.14. The molecular formula is C16H34IN5O3. The molecule has 0 rings (SSSR count). The van der Waals surface area contributed by atoms with Crippen LogP contribution in [-0.4, -0.2) is 55.8 Å². The lowest BCUT2D eigenvalue weighted by Gasteiger charge is -2.29. The molecule has 0 atom stereocenters. The fourth-order valence-corrected chi connectivity index (χ4v) is 1.64. The number of amides is 2. The normalized spacial score (nSPS) is 11.9. The summed E-state index contributed by atoms with van der Waals surface area (Å²) in [4.78, 5) is 27.5. The number of carbonyl (C=O) groups is 2. The number of aliphatic imine (C=N–C) groups is 1. The first-order valence-electron chi connectivity index (χ1n) is 8.21. The van der Waals surface area contributed by atoms with Crippen molar-refractivity contribution in [2.75, 3.05) is 26.7 Å². The molecule has 0 fully saturated rings. The number of ether oxygens (including phenoxy) is 1. The average Bonchev–Trinajstić information content (AvgIpc) is 2.42. The number of nitrogens with zero attached hydrogens (tertiary/aromatic N) is 1. The molecule has 0 aromatic carbocycles. The van der Waals surface area contributed by atoms with Crippen LogP contribution in [0.15, 0.2) is 4.99 Å². The van der Waals surface area contributed by atoms with Gasteiger partial charge in [0.25, 0.3) is 0 Å². The highest BCUT2D eigenvalue weighted by Crippen LogP contribution is 2.08. The molecule has 0 heterocycles. The standard InChI is InChI=1S/C16H33N5O3.HI/c1-8-9-18-12(22)10-19-13(17-7)20-11-16(5,6)21-14(23)24-15(2,3)4;/h8-11H2,1-7H3,(H,18,22)(H,21,23)(H2,17,19,20);1H. The first kappa shape index (κ1) is 26.0. The molecule has 8 nitrogen and oxygen atoms in total. The maximum absolute atomic E-state index is 11.8. The summed E-state index contributed by atoms with van der Waals surface area (Å²) in [5.41, 5.74) is -1.10. The molecule has 0 saturated carbocycles. The third kappa shape index (κ3) is 14.8. The first-order chi connectivity index (χ1) is 11.0. The van der Waals surface area contributed by atoms with Crippen LogP contribution in [0.5, 0.6) is 0 Å². The zero-order valence-corrected chi connectivity index (χ0v) is 18.7. The van der Waals surface area contributed by atoms with Gasteiger partial charge in [-0.1, -0.05) is 6.92 Å². The van der Waals surface area contributed by atoms with E-state index in [0.717, 1.165) is 6.42 Å². The van der Waals surface area contributed by atoms with Gasteiger partial charge in [0.1, 0.15) is 5.60 Å². The Morgan fingerprint density at radius 3 is 2.12 bits per heavy atom. The highest BCUT2D eigenvalue weighted by molar-refractivity contribution is 14.0. The van der Waals surface area contributed by atoms with Gasteiger partial charge < -0.3 is 26.0 Å². The van der Waals surface area contributed by atoms with E-state index in [-0.39, 0.29) is 36.4 Å². The van der Waals surface area contributed by atoms with Gasteiger partial charge in [-0.3, -0.25) is 9.79 Å². The van der Waals surface area contributed by atoms with Crippen molar-refractivity contribution in [1.82, 2.24) is 21.3 Å². The minimum atomic E-state index is -0.551. The molecule has 0 aliphatic rings. The Bertz CT molecular complexity index is 448. The number of nitrogens with one attached hydrogen (secondary N) is 4. The molecule has 0 radical (unpaired) electrons. The summed E-state index contributed by atoms with van der Waals surface area (Å²) in [5.74, 6) is 0.395. The van der Waals surface area contributed by atoms with Crippen LogP contribution in [-0.2, 0) is 9.53 Å². The fourth-order valence-electron chi connectivity index (χ4n) is 1.64. The lowest BCUT2D eigenvalue weighted by atomic mass is 10.1. The van der Waals surface area contributed by atoms with E-state index in [1.165, 1.54) is 0 Å². The van der Waals surface area contributed by atoms with Crippen LogP contribution in [0.25, 0.3) is 0 Å². The van der Waals surface area contributed by atoms with Crippen molar-refractivity contribution in [2.24, 2.45) is 4.99 Å². The third-order valence-corrected chi connectivity index (χ3v) is 2.75. The van der Waals surface area contributed by atoms with Crippen LogP contribution in [0.2, 0.25) is 0 Å². The Balaban J connectivity index is 0.